The summed E-state index contributed by atoms with van der Waals surface area (Å²) in [6.45, 7) is 17.1. The number of methoxy groups -OCH3 is 4. The van der Waals surface area contributed by atoms with E-state index < -0.39 is 18.1 Å². The summed E-state index contributed by atoms with van der Waals surface area (Å²) in [7, 11) is 10.7. The lowest BCUT2D eigenvalue weighted by Crippen LogP contribution is -2.68. The van der Waals surface area contributed by atoms with Gasteiger partial charge in [0.05, 0.1) is 44.5 Å². The SMILES string of the molecule is C=CCOc1c(C)c2c(c3c1C[C@H]1[C@H]4c5c(cc(C)c(OC)c5OCOC)C[C@@H]([C@H](C#N)N1[C@H]3CN)N4C)OCO2.C=CCOc1c(C)c2c(c3c1C[C@H]1[C@H]4c5c(cc(C)c(OC)c5OCOC)C[C@@H]([C@H](C#N)N1[C@H]3CN=[N+]=[N-])N4C)OCO2. The number of aryl methyl sites for hydroxylation is 2. The number of nitrogens with two attached hydrogens (primary N) is 1. The second-order valence-corrected chi connectivity index (χ2v) is 22.4. The van der Waals surface area contributed by atoms with Crippen LogP contribution in [0.15, 0.2) is 42.6 Å². The van der Waals surface area contributed by atoms with Crippen LogP contribution in [0, 0.1) is 50.4 Å². The largest absolute Gasteiger partial charge is 0.493 e. The molecule has 0 aliphatic carbocycles. The molecule has 0 radical (unpaired) electrons. The van der Waals surface area contributed by atoms with Gasteiger partial charge in [-0.05, 0) is 95.3 Å². The van der Waals surface area contributed by atoms with Crippen LogP contribution >= 0.6 is 0 Å². The van der Waals surface area contributed by atoms with E-state index in [2.05, 4.69) is 81.1 Å². The predicted octanol–water partition coefficient (Wildman–Crippen LogP) is 7.99. The molecular weight excluding hydrogens is 1080 g/mol. The number of benzene rings is 4. The Morgan fingerprint density at radius 2 is 1.05 bits per heavy atom. The Bertz CT molecular complexity index is 3410. The fourth-order valence-electron chi connectivity index (χ4n) is 15.3. The Morgan fingerprint density at radius 1 is 0.619 bits per heavy atom. The van der Waals surface area contributed by atoms with Gasteiger partial charge in [-0.15, -0.1) is 0 Å². The van der Waals surface area contributed by atoms with Crippen LogP contribution in [0.5, 0.6) is 57.5 Å². The molecule has 0 spiro atoms. The Hall–Kier alpha value is -7.63. The van der Waals surface area contributed by atoms with Crippen LogP contribution in [0.25, 0.3) is 10.4 Å². The highest BCUT2D eigenvalue weighted by atomic mass is 16.7. The van der Waals surface area contributed by atoms with Gasteiger partial charge in [-0.1, -0.05) is 42.6 Å². The third-order valence-electron chi connectivity index (χ3n) is 18.4. The van der Waals surface area contributed by atoms with E-state index in [0.717, 1.165) is 66.9 Å². The zero-order valence-electron chi connectivity index (χ0n) is 49.5. The number of fused-ring (bicyclic) bond motifs is 18. The third kappa shape index (κ3) is 9.05. The number of ether oxygens (including phenoxy) is 12. The molecule has 4 aromatic carbocycles. The summed E-state index contributed by atoms with van der Waals surface area (Å²) >= 11 is 0. The number of piperazine rings is 2. The summed E-state index contributed by atoms with van der Waals surface area (Å²) in [5, 5.41) is 25.5. The molecule has 0 aromatic heterocycles. The lowest BCUT2D eigenvalue weighted by molar-refractivity contribution is -0.0719. The smallest absolute Gasteiger partial charge is 0.231 e. The van der Waals surface area contributed by atoms with Crippen LogP contribution < -0.4 is 53.1 Å². The molecule has 12 rings (SSSR count). The number of nitriles is 2. The highest BCUT2D eigenvalue weighted by Gasteiger charge is 2.59. The van der Waals surface area contributed by atoms with Gasteiger partial charge in [-0.2, -0.15) is 10.5 Å². The van der Waals surface area contributed by atoms with E-state index >= 15 is 0 Å². The number of azide groups is 1. The first kappa shape index (κ1) is 58.2. The van der Waals surface area contributed by atoms with Crippen molar-refractivity contribution in [2.75, 3.05) is 96.0 Å². The highest BCUT2D eigenvalue weighted by Crippen LogP contribution is 2.61. The number of hydrogen-bond acceptors (Lipinski definition) is 20. The zero-order chi connectivity index (χ0) is 59.4. The molecule has 8 heterocycles. The lowest BCUT2D eigenvalue weighted by atomic mass is 9.71. The number of likely N-dealkylation sites (N-methyl/N-ethyl adjacent to an activating group) is 2. The number of hydrogen-bond donors (Lipinski definition) is 1. The maximum absolute atomic E-state index is 10.7. The standard InChI is InChI=1S/C31H36N6O6.C31H38N4O6/c1-7-8-40-28-17(3)29-31(43-15-42-29)25-19(28)11-21-26-24-18(9-16(2)27(39-6)30(24)41-14-38-5)10-20(36(26)4)22(12-32)37(21)23(25)13-34-35-33;1-7-8-38-28-17(3)29-31(41-15-40-29)25-19(28)11-21-26-24-18(9-16(2)27(37-6)30(24)39-14-36-5)10-20(34(26)4)22(12-32)35(21)23(25)13-33/h7,9,20-23,26H,1,8,10-11,13-15H2,2-6H3;7,9,20-23,26H,1,8,10-11,13-15,33H2,2-6H3/t2*20-,21-,22-,23-,26-/m00/s1. The van der Waals surface area contributed by atoms with Crippen molar-refractivity contribution < 1.29 is 56.8 Å². The maximum atomic E-state index is 10.7. The summed E-state index contributed by atoms with van der Waals surface area (Å²) < 4.78 is 71.5. The fraction of sp³-hybridized carbons (Fsp3) is 0.516. The Kier molecular flexibility index (Phi) is 16.5. The van der Waals surface area contributed by atoms with E-state index in [1.165, 1.54) is 5.56 Å². The number of rotatable bonds is 17. The molecule has 0 unspecified atom stereocenters. The Balaban J connectivity index is 0.000000176. The molecule has 0 saturated carbocycles. The van der Waals surface area contributed by atoms with Crippen molar-refractivity contribution in [3.05, 3.63) is 115 Å². The van der Waals surface area contributed by atoms with Gasteiger partial charge in [0, 0.05) is 107 Å². The van der Waals surface area contributed by atoms with Crippen LogP contribution in [0.4, 0.5) is 0 Å². The van der Waals surface area contributed by atoms with Gasteiger partial charge in [-0.3, -0.25) is 19.6 Å². The first-order valence-electron chi connectivity index (χ1n) is 28.3. The summed E-state index contributed by atoms with van der Waals surface area (Å²) in [5.74, 6) is 6.80. The maximum Gasteiger partial charge on any atom is 0.231 e. The van der Waals surface area contributed by atoms with Crippen LogP contribution in [-0.2, 0) is 35.2 Å². The third-order valence-corrected chi connectivity index (χ3v) is 18.4. The topological polar surface area (TPSA) is 246 Å². The van der Waals surface area contributed by atoms with Gasteiger partial charge in [0.2, 0.25) is 13.6 Å². The Morgan fingerprint density at radius 3 is 1.44 bits per heavy atom. The summed E-state index contributed by atoms with van der Waals surface area (Å²) in [4.78, 5) is 12.3. The molecule has 22 heteroatoms. The van der Waals surface area contributed by atoms with E-state index in [0.29, 0.717) is 97.2 Å². The molecule has 2 N–H and O–H groups in total. The molecule has 2 fully saturated rings. The second kappa shape index (κ2) is 23.8. The molecule has 2 saturated heterocycles. The molecule has 4 bridgehead atoms. The van der Waals surface area contributed by atoms with E-state index in [1.807, 2.05) is 27.7 Å². The van der Waals surface area contributed by atoms with E-state index in [4.69, 9.17) is 62.6 Å². The minimum Gasteiger partial charge on any atom is -0.493 e. The van der Waals surface area contributed by atoms with Crippen molar-refractivity contribution in [2.24, 2.45) is 10.8 Å². The van der Waals surface area contributed by atoms with Gasteiger partial charge in [0.25, 0.3) is 0 Å². The van der Waals surface area contributed by atoms with Crippen molar-refractivity contribution in [3.63, 3.8) is 0 Å². The van der Waals surface area contributed by atoms with E-state index in [9.17, 15) is 16.1 Å². The highest BCUT2D eigenvalue weighted by molar-refractivity contribution is 5.69. The van der Waals surface area contributed by atoms with Crippen LogP contribution in [0.3, 0.4) is 0 Å². The quantitative estimate of drug-likeness (QED) is 0.0346. The number of nitrogens with zero attached hydrogens (tertiary/aromatic N) is 9. The molecule has 0 amide bonds. The fourth-order valence-corrected chi connectivity index (χ4v) is 15.3. The van der Waals surface area contributed by atoms with Crippen LogP contribution in [0.2, 0.25) is 0 Å². The molecule has 8 aliphatic heterocycles. The average Bonchev–Trinajstić information content (AvgIpc) is 1.15. The zero-order valence-corrected chi connectivity index (χ0v) is 49.5. The summed E-state index contributed by atoms with van der Waals surface area (Å²) in [6, 6.07) is 7.26. The molecule has 22 nitrogen and oxygen atoms in total. The molecule has 84 heavy (non-hydrogen) atoms. The summed E-state index contributed by atoms with van der Waals surface area (Å²) in [5.41, 5.74) is 27.9. The van der Waals surface area contributed by atoms with E-state index in [-0.39, 0.29) is 76.0 Å². The summed E-state index contributed by atoms with van der Waals surface area (Å²) in [6.07, 6.45) is 5.95. The van der Waals surface area contributed by atoms with Gasteiger partial charge in [0.15, 0.2) is 59.6 Å². The molecule has 4 aromatic rings. The molecule has 444 valence electrons. The van der Waals surface area contributed by atoms with Crippen molar-refractivity contribution in [3.8, 4) is 69.6 Å². The van der Waals surface area contributed by atoms with Crippen LogP contribution in [-0.4, -0.2) is 152 Å². The molecule has 10 atom stereocenters. The Labute approximate surface area is 490 Å². The van der Waals surface area contributed by atoms with Gasteiger partial charge < -0.3 is 62.6 Å². The van der Waals surface area contributed by atoms with Crippen LogP contribution in [0.1, 0.15) is 90.9 Å². The average molecular weight is 1150 g/mol. The molecule has 8 aliphatic rings. The van der Waals surface area contributed by atoms with Crippen molar-refractivity contribution >= 4 is 0 Å². The van der Waals surface area contributed by atoms with Gasteiger partial charge >= 0.3 is 0 Å². The van der Waals surface area contributed by atoms with Crippen molar-refractivity contribution in [1.29, 1.82) is 10.5 Å². The van der Waals surface area contributed by atoms with Crippen molar-refractivity contribution in [2.45, 2.75) is 114 Å². The molecular formula is C62H74N10O12. The minimum absolute atomic E-state index is 0.0421. The van der Waals surface area contributed by atoms with Crippen molar-refractivity contribution in [1.82, 2.24) is 19.6 Å². The normalized spacial score (nSPS) is 25.4. The monoisotopic (exact) mass is 1150 g/mol. The first-order chi connectivity index (χ1) is 40.8. The van der Waals surface area contributed by atoms with Gasteiger partial charge in [0.1, 0.15) is 36.8 Å². The lowest BCUT2D eigenvalue weighted by Gasteiger charge is -2.60. The minimum atomic E-state index is -0.492. The first-order valence-corrected chi connectivity index (χ1v) is 28.3. The second-order valence-electron chi connectivity index (χ2n) is 22.4. The van der Waals surface area contributed by atoms with Gasteiger partial charge in [-0.25, -0.2) is 0 Å². The predicted molar refractivity (Wildman–Crippen MR) is 308 cm³/mol. The van der Waals surface area contributed by atoms with E-state index in [1.54, 1.807) is 40.6 Å².